The van der Waals surface area contributed by atoms with Crippen molar-refractivity contribution in [3.63, 3.8) is 0 Å². The van der Waals surface area contributed by atoms with E-state index < -0.39 is 0 Å². The maximum atomic E-state index is 3.60. The predicted octanol–water partition coefficient (Wildman–Crippen LogP) is 15.6. The molecular formula is C54H58SiZr. The zero-order chi connectivity index (χ0) is 38.1. The van der Waals surface area contributed by atoms with Crippen LogP contribution in [0.4, 0.5) is 0 Å². The van der Waals surface area contributed by atoms with E-state index in [1.807, 2.05) is 0 Å². The summed E-state index contributed by atoms with van der Waals surface area (Å²) in [5, 5.41) is 5.30. The quantitative estimate of drug-likeness (QED) is 0.101. The van der Waals surface area contributed by atoms with Crippen LogP contribution in [0.5, 0.6) is 0 Å². The number of hydrogen-bond acceptors (Lipinski definition) is 0. The van der Waals surface area contributed by atoms with Crippen molar-refractivity contribution in [1.29, 1.82) is 0 Å². The number of rotatable bonds is 9. The topological polar surface area (TPSA) is 0 Å². The Hall–Kier alpha value is -3.58. The van der Waals surface area contributed by atoms with Crippen molar-refractivity contribution in [2.75, 3.05) is 0 Å². The van der Waals surface area contributed by atoms with Crippen molar-refractivity contribution in [2.45, 2.75) is 103 Å². The van der Waals surface area contributed by atoms with Gasteiger partial charge in [-0.1, -0.05) is 221 Å². The SMILES string of the molecule is C1CC[Si]C1.CCC[C-](C1C(CC)=C(c2cccc3ccccc23)c2ccccc21)C1C(CC)=C(c2cccc3ccccc23)c2ccccc21.[CH2-]CCC.[Zr+2]. The molecule has 2 unspecified atom stereocenters. The van der Waals surface area contributed by atoms with Crippen LogP contribution in [0.25, 0.3) is 32.7 Å². The summed E-state index contributed by atoms with van der Waals surface area (Å²) < 4.78 is 0. The summed E-state index contributed by atoms with van der Waals surface area (Å²) in [6.45, 7) is 12.8. The van der Waals surface area contributed by atoms with Crippen molar-refractivity contribution in [3.05, 3.63) is 191 Å². The van der Waals surface area contributed by atoms with Gasteiger partial charge in [0.1, 0.15) is 0 Å². The molecule has 6 aromatic carbocycles. The van der Waals surface area contributed by atoms with E-state index in [1.54, 1.807) is 17.1 Å². The molecule has 1 aliphatic heterocycles. The van der Waals surface area contributed by atoms with Gasteiger partial charge >= 0.3 is 26.2 Å². The predicted molar refractivity (Wildman–Crippen MR) is 242 cm³/mol. The van der Waals surface area contributed by atoms with Crippen molar-refractivity contribution in [1.82, 2.24) is 0 Å². The summed E-state index contributed by atoms with van der Waals surface area (Å²) in [7, 11) is 1.31. The van der Waals surface area contributed by atoms with E-state index in [0.717, 1.165) is 32.1 Å². The number of fused-ring (bicyclic) bond motifs is 4. The molecule has 2 aliphatic carbocycles. The van der Waals surface area contributed by atoms with Gasteiger partial charge < -0.3 is 6.92 Å². The summed E-state index contributed by atoms with van der Waals surface area (Å²) in [5.74, 6) is 2.25. The van der Waals surface area contributed by atoms with Crippen LogP contribution in [0.1, 0.15) is 124 Å². The molecule has 2 heteroatoms. The smallest absolute Gasteiger partial charge is 0.343 e. The normalized spacial score (nSPS) is 17.0. The molecule has 6 aromatic rings. The number of benzene rings is 6. The van der Waals surface area contributed by atoms with Crippen LogP contribution in [0.2, 0.25) is 12.1 Å². The molecule has 0 bridgehead atoms. The van der Waals surface area contributed by atoms with Crippen LogP contribution in [0, 0.1) is 12.8 Å². The summed E-state index contributed by atoms with van der Waals surface area (Å²) in [6.07, 6.45) is 9.60. The Morgan fingerprint density at radius 3 is 1.30 bits per heavy atom. The third kappa shape index (κ3) is 8.35. The van der Waals surface area contributed by atoms with E-state index >= 15 is 0 Å². The summed E-state index contributed by atoms with van der Waals surface area (Å²) >= 11 is 0. The summed E-state index contributed by atoms with van der Waals surface area (Å²) in [4.78, 5) is 0. The number of hydrogen-bond donors (Lipinski definition) is 0. The Bertz CT molecular complexity index is 2120. The second-order valence-electron chi connectivity index (χ2n) is 15.2. The molecule has 2 atom stereocenters. The van der Waals surface area contributed by atoms with Gasteiger partial charge in [-0.2, -0.15) is 12.8 Å². The van der Waals surface area contributed by atoms with E-state index in [9.17, 15) is 0 Å². The van der Waals surface area contributed by atoms with Crippen molar-refractivity contribution < 1.29 is 26.2 Å². The molecule has 0 aromatic heterocycles. The van der Waals surface area contributed by atoms with Gasteiger partial charge in [0.2, 0.25) is 0 Å². The summed E-state index contributed by atoms with van der Waals surface area (Å²) in [5.41, 5.74) is 14.6. The molecule has 2 radical (unpaired) electrons. The van der Waals surface area contributed by atoms with Gasteiger partial charge in [0.15, 0.2) is 0 Å². The fourth-order valence-corrected chi connectivity index (χ4v) is 10.7. The molecule has 0 nitrogen and oxygen atoms in total. The number of allylic oxidation sites excluding steroid dienone is 2. The molecule has 0 spiro atoms. The van der Waals surface area contributed by atoms with Crippen LogP contribution < -0.4 is 0 Å². The first-order valence-corrected chi connectivity index (χ1v) is 22.5. The molecule has 1 heterocycles. The first-order chi connectivity index (χ1) is 27.2. The summed E-state index contributed by atoms with van der Waals surface area (Å²) in [6, 6.07) is 53.1. The first-order valence-electron chi connectivity index (χ1n) is 21.1. The van der Waals surface area contributed by atoms with E-state index in [-0.39, 0.29) is 26.2 Å². The second kappa shape index (κ2) is 20.2. The first kappa shape index (κ1) is 42.0. The van der Waals surface area contributed by atoms with Crippen LogP contribution in [0.15, 0.2) is 145 Å². The van der Waals surface area contributed by atoms with Gasteiger partial charge in [-0.15, -0.1) is 11.8 Å². The van der Waals surface area contributed by atoms with Crippen molar-refractivity contribution in [2.24, 2.45) is 0 Å². The van der Waals surface area contributed by atoms with Gasteiger partial charge in [0.05, 0.1) is 0 Å². The second-order valence-corrected chi connectivity index (χ2v) is 16.7. The molecule has 1 fully saturated rings. The number of unbranched alkanes of at least 4 members (excludes halogenated alkanes) is 1. The Kier molecular flexibility index (Phi) is 15.2. The molecule has 9 rings (SSSR count). The largest absolute Gasteiger partial charge is 2.00 e. The van der Waals surface area contributed by atoms with Gasteiger partial charge in [-0.3, -0.25) is 5.92 Å². The van der Waals surface area contributed by atoms with Crippen LogP contribution in [-0.4, -0.2) is 9.52 Å². The Labute approximate surface area is 359 Å². The maximum Gasteiger partial charge on any atom is 2.00 e. The molecular weight excluding hydrogens is 768 g/mol. The molecule has 282 valence electrons. The Morgan fingerprint density at radius 1 is 0.518 bits per heavy atom. The van der Waals surface area contributed by atoms with Gasteiger partial charge in [-0.25, -0.2) is 0 Å². The van der Waals surface area contributed by atoms with E-state index in [2.05, 4.69) is 168 Å². The fourth-order valence-electron chi connectivity index (χ4n) is 9.46. The average molecular weight is 826 g/mol. The molecule has 0 N–H and O–H groups in total. The van der Waals surface area contributed by atoms with Gasteiger partial charge in [0, 0.05) is 9.52 Å². The van der Waals surface area contributed by atoms with Gasteiger partial charge in [0.25, 0.3) is 0 Å². The minimum atomic E-state index is 0. The Morgan fingerprint density at radius 2 is 0.911 bits per heavy atom. The van der Waals surface area contributed by atoms with Gasteiger partial charge in [-0.05, 0) is 67.8 Å². The monoisotopic (exact) mass is 824 g/mol. The fraction of sp³-hybridized carbons (Fsp3) is 0.296. The minimum Gasteiger partial charge on any atom is -0.343 e. The van der Waals surface area contributed by atoms with E-state index in [4.69, 9.17) is 0 Å². The van der Waals surface area contributed by atoms with Crippen LogP contribution >= 0.6 is 0 Å². The third-order valence-electron chi connectivity index (χ3n) is 11.9. The molecule has 1 saturated heterocycles. The van der Waals surface area contributed by atoms with Crippen molar-refractivity contribution >= 4 is 42.2 Å². The Balaban J connectivity index is 0.000000475. The molecule has 56 heavy (non-hydrogen) atoms. The van der Waals surface area contributed by atoms with E-state index in [1.165, 1.54) is 107 Å². The molecule has 0 amide bonds. The zero-order valence-electron chi connectivity index (χ0n) is 34.1. The van der Waals surface area contributed by atoms with E-state index in [0.29, 0.717) is 11.8 Å². The molecule has 3 aliphatic rings. The zero-order valence-corrected chi connectivity index (χ0v) is 37.6. The minimum absolute atomic E-state index is 0. The van der Waals surface area contributed by atoms with Crippen LogP contribution in [-0.2, 0) is 26.2 Å². The van der Waals surface area contributed by atoms with Crippen LogP contribution in [0.3, 0.4) is 0 Å². The maximum absolute atomic E-state index is 3.60. The van der Waals surface area contributed by atoms with Crippen molar-refractivity contribution in [3.8, 4) is 0 Å². The molecule has 0 saturated carbocycles. The average Bonchev–Trinajstić information content (AvgIpc) is 4.01. The third-order valence-corrected chi connectivity index (χ3v) is 13.3. The standard InChI is InChI=1S/C46H41.C4H8Si.C4H9.Zr/c1-4-17-42(45-32(5-2)43(38-24-11-13-26-40(38)45)36-28-15-20-30-18-7-9-22-34(30)36)46-33(6-3)44(39-25-12-14-27-41(39)46)37-29-16-21-31-19-8-10-23-35(31)37;1-2-4-5-3-1;1-3-4-2;/h7-16,18-29,45-46H,4-6,17H2,1-3H3;1-4H2;1,3-4H2,2H3;/q-1;;-1;+2.